The average molecular weight is 367 g/mol. The van der Waals surface area contributed by atoms with Crippen molar-refractivity contribution in [3.63, 3.8) is 0 Å². The zero-order chi connectivity index (χ0) is 18.2. The molecule has 1 heterocycles. The molecule has 6 heteroatoms. The highest BCUT2D eigenvalue weighted by Gasteiger charge is 2.38. The van der Waals surface area contributed by atoms with Crippen LogP contribution in [0, 0.1) is 0 Å². The van der Waals surface area contributed by atoms with Gasteiger partial charge in [0, 0.05) is 18.1 Å². The van der Waals surface area contributed by atoms with Gasteiger partial charge >= 0.3 is 0 Å². The van der Waals surface area contributed by atoms with Crippen LogP contribution in [-0.2, 0) is 14.3 Å². The number of rotatable bonds is 8. The smallest absolute Gasteiger partial charge is 0.254 e. The molecule has 1 aromatic rings. The van der Waals surface area contributed by atoms with Crippen LogP contribution in [-0.4, -0.2) is 42.5 Å². The fourth-order valence-electron chi connectivity index (χ4n) is 2.94. The van der Waals surface area contributed by atoms with Gasteiger partial charge in [-0.25, -0.2) is 0 Å². The summed E-state index contributed by atoms with van der Waals surface area (Å²) in [5.74, 6) is -0.311. The molecule has 2 amide bonds. The molecule has 25 heavy (non-hydrogen) atoms. The standard InChI is InChI=1S/C19H27ClN2O3/c1-3-5-11-22(12-6-4-2)19(24)18-17(21-16(23)13-25-18)14-9-7-8-10-15(14)20/h7-10,17-18H,3-6,11-13H2,1-2H3,(H,21,23)/t17-,18+/m1/s1. The molecule has 1 saturated heterocycles. The summed E-state index contributed by atoms with van der Waals surface area (Å²) in [5.41, 5.74) is 0.710. The summed E-state index contributed by atoms with van der Waals surface area (Å²) < 4.78 is 5.65. The van der Waals surface area contributed by atoms with Crippen molar-refractivity contribution in [3.8, 4) is 0 Å². The zero-order valence-electron chi connectivity index (χ0n) is 15.0. The number of carbonyl (C=O) groups excluding carboxylic acids is 2. The molecule has 0 unspecified atom stereocenters. The van der Waals surface area contributed by atoms with Gasteiger partial charge in [0.15, 0.2) is 6.10 Å². The highest BCUT2D eigenvalue weighted by Crippen LogP contribution is 2.29. The van der Waals surface area contributed by atoms with E-state index in [9.17, 15) is 9.59 Å². The Morgan fingerprint density at radius 2 is 1.88 bits per heavy atom. The fraction of sp³-hybridized carbons (Fsp3) is 0.579. The first kappa shape index (κ1) is 19.7. The lowest BCUT2D eigenvalue weighted by molar-refractivity contribution is -0.155. The van der Waals surface area contributed by atoms with Crippen molar-refractivity contribution in [3.05, 3.63) is 34.9 Å². The summed E-state index contributed by atoms with van der Waals surface area (Å²) in [6, 6.07) is 6.68. The third kappa shape index (κ3) is 5.19. The lowest BCUT2D eigenvalue weighted by Gasteiger charge is -2.35. The zero-order valence-corrected chi connectivity index (χ0v) is 15.7. The van der Waals surface area contributed by atoms with Gasteiger partial charge in [-0.3, -0.25) is 9.59 Å². The van der Waals surface area contributed by atoms with Crippen LogP contribution in [0.2, 0.25) is 5.02 Å². The lowest BCUT2D eigenvalue weighted by Crippen LogP contribution is -2.53. The van der Waals surface area contributed by atoms with E-state index in [0.29, 0.717) is 23.7 Å². The monoisotopic (exact) mass is 366 g/mol. The Balaban J connectivity index is 2.23. The maximum atomic E-state index is 13.1. The highest BCUT2D eigenvalue weighted by atomic mass is 35.5. The normalized spacial score (nSPS) is 20.2. The number of nitrogens with one attached hydrogen (secondary N) is 1. The van der Waals surface area contributed by atoms with Crippen LogP contribution in [0.15, 0.2) is 24.3 Å². The molecule has 0 bridgehead atoms. The van der Waals surface area contributed by atoms with E-state index in [0.717, 1.165) is 25.7 Å². The van der Waals surface area contributed by atoms with Gasteiger partial charge in [-0.1, -0.05) is 56.5 Å². The van der Waals surface area contributed by atoms with E-state index in [-0.39, 0.29) is 18.4 Å². The first-order valence-corrected chi connectivity index (χ1v) is 9.40. The number of unbranched alkanes of at least 4 members (excludes halogenated alkanes) is 2. The van der Waals surface area contributed by atoms with Crippen LogP contribution >= 0.6 is 11.6 Å². The topological polar surface area (TPSA) is 58.6 Å². The Kier molecular flexibility index (Phi) is 7.72. The Labute approximate surface area is 154 Å². The second kappa shape index (κ2) is 9.78. The van der Waals surface area contributed by atoms with Crippen LogP contribution in [0.3, 0.4) is 0 Å². The van der Waals surface area contributed by atoms with Gasteiger partial charge in [0.05, 0.1) is 6.04 Å². The molecule has 2 rings (SSSR count). The van der Waals surface area contributed by atoms with Crippen molar-refractivity contribution >= 4 is 23.4 Å². The molecule has 0 radical (unpaired) electrons. The Hall–Kier alpha value is -1.59. The van der Waals surface area contributed by atoms with Gasteiger partial charge in [0.25, 0.3) is 5.91 Å². The number of hydrogen-bond donors (Lipinski definition) is 1. The third-order valence-electron chi connectivity index (χ3n) is 4.37. The first-order valence-electron chi connectivity index (χ1n) is 9.02. The number of morpholine rings is 1. The Morgan fingerprint density at radius 3 is 2.48 bits per heavy atom. The summed E-state index contributed by atoms with van der Waals surface area (Å²) in [7, 11) is 0. The van der Waals surface area contributed by atoms with Crippen LogP contribution in [0.25, 0.3) is 0 Å². The maximum absolute atomic E-state index is 13.1. The molecule has 1 aliphatic heterocycles. The molecule has 1 N–H and O–H groups in total. The Bertz CT molecular complexity index is 586. The van der Waals surface area contributed by atoms with Gasteiger partial charge < -0.3 is 15.0 Å². The molecule has 0 saturated carbocycles. The van der Waals surface area contributed by atoms with Crippen molar-refractivity contribution in [1.82, 2.24) is 10.2 Å². The van der Waals surface area contributed by atoms with Crippen LogP contribution in [0.5, 0.6) is 0 Å². The molecule has 2 atom stereocenters. The van der Waals surface area contributed by atoms with Gasteiger partial charge in [0.2, 0.25) is 5.91 Å². The quantitative estimate of drug-likeness (QED) is 0.767. The number of ether oxygens (including phenoxy) is 1. The van der Waals surface area contributed by atoms with Crippen LogP contribution < -0.4 is 5.32 Å². The SMILES string of the molecule is CCCCN(CCCC)C(=O)[C@H]1OCC(=O)N[C@@H]1c1ccccc1Cl. The summed E-state index contributed by atoms with van der Waals surface area (Å²) in [6.45, 7) is 5.52. The van der Waals surface area contributed by atoms with Crippen molar-refractivity contribution < 1.29 is 14.3 Å². The van der Waals surface area contributed by atoms with Crippen molar-refractivity contribution in [2.45, 2.75) is 51.7 Å². The largest absolute Gasteiger partial charge is 0.356 e. The van der Waals surface area contributed by atoms with Gasteiger partial charge in [-0.15, -0.1) is 0 Å². The molecule has 138 valence electrons. The minimum Gasteiger partial charge on any atom is -0.356 e. The van der Waals surface area contributed by atoms with Crippen molar-refractivity contribution in [2.75, 3.05) is 19.7 Å². The Morgan fingerprint density at radius 1 is 1.24 bits per heavy atom. The highest BCUT2D eigenvalue weighted by molar-refractivity contribution is 6.31. The van der Waals surface area contributed by atoms with E-state index in [1.165, 1.54) is 0 Å². The van der Waals surface area contributed by atoms with Crippen molar-refractivity contribution in [2.24, 2.45) is 0 Å². The summed E-state index contributed by atoms with van der Waals surface area (Å²) in [4.78, 5) is 26.8. The predicted octanol–water partition coefficient (Wildman–Crippen LogP) is 3.32. The number of amides is 2. The van der Waals surface area contributed by atoms with Gasteiger partial charge in [-0.2, -0.15) is 0 Å². The predicted molar refractivity (Wildman–Crippen MR) is 98.5 cm³/mol. The molecule has 1 aliphatic rings. The molecule has 1 fully saturated rings. The first-order chi connectivity index (χ1) is 12.1. The van der Waals surface area contributed by atoms with Gasteiger partial charge in [0.1, 0.15) is 6.61 Å². The molecule has 0 aliphatic carbocycles. The lowest BCUT2D eigenvalue weighted by atomic mass is 9.98. The number of carbonyl (C=O) groups is 2. The number of halogens is 1. The number of benzene rings is 1. The van der Waals surface area contributed by atoms with Crippen molar-refractivity contribution in [1.29, 1.82) is 0 Å². The number of nitrogens with zero attached hydrogens (tertiary/aromatic N) is 1. The van der Waals surface area contributed by atoms with Crippen LogP contribution in [0.4, 0.5) is 0 Å². The van der Waals surface area contributed by atoms with Gasteiger partial charge in [-0.05, 0) is 24.5 Å². The molecular weight excluding hydrogens is 340 g/mol. The molecular formula is C19H27ClN2O3. The molecule has 0 aromatic heterocycles. The summed E-state index contributed by atoms with van der Waals surface area (Å²) in [6.07, 6.45) is 3.20. The third-order valence-corrected chi connectivity index (χ3v) is 4.72. The minimum atomic E-state index is -0.744. The van der Waals surface area contributed by atoms with E-state index in [1.54, 1.807) is 6.07 Å². The average Bonchev–Trinajstić information content (AvgIpc) is 2.62. The van der Waals surface area contributed by atoms with E-state index >= 15 is 0 Å². The van der Waals surface area contributed by atoms with Crippen LogP contribution in [0.1, 0.15) is 51.1 Å². The van der Waals surface area contributed by atoms with E-state index < -0.39 is 12.1 Å². The fourth-order valence-corrected chi connectivity index (χ4v) is 3.20. The molecule has 5 nitrogen and oxygen atoms in total. The second-order valence-corrected chi connectivity index (χ2v) is 6.74. The van der Waals surface area contributed by atoms with E-state index in [2.05, 4.69) is 19.2 Å². The minimum absolute atomic E-state index is 0.0770. The second-order valence-electron chi connectivity index (χ2n) is 6.33. The maximum Gasteiger partial charge on any atom is 0.254 e. The van der Waals surface area contributed by atoms with E-state index in [4.69, 9.17) is 16.3 Å². The number of hydrogen-bond acceptors (Lipinski definition) is 3. The van der Waals surface area contributed by atoms with E-state index in [1.807, 2.05) is 23.1 Å². The summed E-state index contributed by atoms with van der Waals surface area (Å²) >= 11 is 6.29. The summed E-state index contributed by atoms with van der Waals surface area (Å²) in [5, 5.41) is 3.39. The molecule has 1 aromatic carbocycles. The molecule has 0 spiro atoms.